The van der Waals surface area contributed by atoms with Crippen LogP contribution in [-0.4, -0.2) is 43.0 Å². The third kappa shape index (κ3) is 3.59. The first kappa shape index (κ1) is 15.3. The summed E-state index contributed by atoms with van der Waals surface area (Å²) >= 11 is 9.50. The molecule has 4 nitrogen and oxygen atoms in total. The lowest BCUT2D eigenvalue weighted by Crippen LogP contribution is -2.48. The smallest absolute Gasteiger partial charge is 0.238 e. The van der Waals surface area contributed by atoms with Gasteiger partial charge in [-0.15, -0.1) is 0 Å². The molecule has 21 heavy (non-hydrogen) atoms. The fraction of sp³-hybridized carbons (Fsp3) is 0.533. The van der Waals surface area contributed by atoms with Crippen molar-refractivity contribution in [3.8, 4) is 0 Å². The van der Waals surface area contributed by atoms with Gasteiger partial charge in [-0.25, -0.2) is 0 Å². The summed E-state index contributed by atoms with van der Waals surface area (Å²) in [5.74, 6) is 0.703. The van der Waals surface area contributed by atoms with Crippen molar-refractivity contribution in [2.75, 3.05) is 31.5 Å². The van der Waals surface area contributed by atoms with Crippen LogP contribution in [0.15, 0.2) is 22.7 Å². The van der Waals surface area contributed by atoms with Crippen LogP contribution in [0.25, 0.3) is 0 Å². The number of hydrogen-bond acceptors (Lipinski definition) is 3. The van der Waals surface area contributed by atoms with Gasteiger partial charge in [-0.3, -0.25) is 9.69 Å². The maximum absolute atomic E-state index is 12.3. The van der Waals surface area contributed by atoms with Gasteiger partial charge in [-0.05, 0) is 50.0 Å². The second kappa shape index (κ2) is 6.65. The molecular weight excluding hydrogens is 354 g/mol. The fourth-order valence-corrected chi connectivity index (χ4v) is 4.05. The van der Waals surface area contributed by atoms with Crippen LogP contribution in [0.3, 0.4) is 0 Å². The summed E-state index contributed by atoms with van der Waals surface area (Å²) in [6.07, 6.45) is 2.45. The largest absolute Gasteiger partial charge is 0.324 e. The van der Waals surface area contributed by atoms with Crippen LogP contribution >= 0.6 is 27.5 Å². The van der Waals surface area contributed by atoms with Crippen molar-refractivity contribution >= 4 is 39.1 Å². The number of rotatable bonds is 3. The third-order valence-electron chi connectivity index (χ3n) is 4.35. The Hall–Kier alpha value is -0.620. The van der Waals surface area contributed by atoms with Crippen LogP contribution in [0.4, 0.5) is 5.69 Å². The summed E-state index contributed by atoms with van der Waals surface area (Å²) in [5.41, 5.74) is 0.669. The molecule has 2 aliphatic rings. The summed E-state index contributed by atoms with van der Waals surface area (Å²) in [6, 6.07) is 5.99. The quantitative estimate of drug-likeness (QED) is 0.857. The van der Waals surface area contributed by atoms with Crippen molar-refractivity contribution in [2.45, 2.75) is 18.9 Å². The minimum atomic E-state index is 0.00627. The number of hydrogen-bond donors (Lipinski definition) is 2. The molecule has 2 saturated heterocycles. The summed E-state index contributed by atoms with van der Waals surface area (Å²) in [7, 11) is 0. The number of amides is 1. The van der Waals surface area contributed by atoms with Gasteiger partial charge < -0.3 is 10.6 Å². The van der Waals surface area contributed by atoms with Gasteiger partial charge in [0.15, 0.2) is 0 Å². The average molecular weight is 373 g/mol. The van der Waals surface area contributed by atoms with E-state index < -0.39 is 0 Å². The van der Waals surface area contributed by atoms with Crippen LogP contribution in [0, 0.1) is 5.92 Å². The maximum Gasteiger partial charge on any atom is 0.238 e. The molecule has 2 N–H and O–H groups in total. The number of nitrogens with zero attached hydrogens (tertiary/aromatic N) is 1. The fourth-order valence-electron chi connectivity index (χ4n) is 3.32. The zero-order chi connectivity index (χ0) is 14.8. The van der Waals surface area contributed by atoms with Gasteiger partial charge in [0.25, 0.3) is 0 Å². The highest BCUT2D eigenvalue weighted by Crippen LogP contribution is 2.27. The molecule has 3 rings (SSSR count). The molecule has 2 fully saturated rings. The molecular formula is C15H19BrClN3O. The summed E-state index contributed by atoms with van der Waals surface area (Å²) in [4.78, 5) is 14.6. The number of piperidine rings is 1. The van der Waals surface area contributed by atoms with Crippen LogP contribution in [-0.2, 0) is 4.79 Å². The second-order valence-electron chi connectivity index (χ2n) is 5.77. The highest BCUT2D eigenvalue weighted by atomic mass is 79.9. The Balaban J connectivity index is 1.61. The number of anilines is 1. The first-order chi connectivity index (χ1) is 10.1. The van der Waals surface area contributed by atoms with Crippen LogP contribution in [0.5, 0.6) is 0 Å². The minimum Gasteiger partial charge on any atom is -0.324 e. The zero-order valence-corrected chi connectivity index (χ0v) is 14.1. The predicted molar refractivity (Wildman–Crippen MR) is 88.7 cm³/mol. The van der Waals surface area contributed by atoms with Crippen molar-refractivity contribution in [1.29, 1.82) is 0 Å². The van der Waals surface area contributed by atoms with Crippen molar-refractivity contribution in [3.05, 3.63) is 27.7 Å². The molecule has 0 spiro atoms. The number of nitrogens with one attached hydrogen (secondary N) is 2. The highest BCUT2D eigenvalue weighted by Gasteiger charge is 2.35. The lowest BCUT2D eigenvalue weighted by molar-refractivity contribution is -0.118. The SMILES string of the molecule is O=C(CN1CCCC2CNCC21)Nc1ccc(Br)cc1Cl. The Morgan fingerprint density at radius 1 is 1.48 bits per heavy atom. The van der Waals surface area contributed by atoms with Gasteiger partial charge in [-0.1, -0.05) is 27.5 Å². The minimum absolute atomic E-state index is 0.00627. The van der Waals surface area contributed by atoms with Crippen LogP contribution < -0.4 is 10.6 Å². The Morgan fingerprint density at radius 2 is 2.33 bits per heavy atom. The zero-order valence-electron chi connectivity index (χ0n) is 11.7. The molecule has 0 radical (unpaired) electrons. The number of carbonyl (C=O) groups excluding carboxylic acids is 1. The van der Waals surface area contributed by atoms with E-state index in [0.717, 1.165) is 24.1 Å². The molecule has 0 aliphatic carbocycles. The van der Waals surface area contributed by atoms with Gasteiger partial charge in [0, 0.05) is 17.1 Å². The number of fused-ring (bicyclic) bond motifs is 1. The van der Waals surface area contributed by atoms with Crippen molar-refractivity contribution in [2.24, 2.45) is 5.92 Å². The first-order valence-electron chi connectivity index (χ1n) is 7.33. The van der Waals surface area contributed by atoms with Gasteiger partial charge in [0.2, 0.25) is 5.91 Å². The molecule has 2 unspecified atom stereocenters. The Morgan fingerprint density at radius 3 is 3.14 bits per heavy atom. The Bertz CT molecular complexity index is 540. The topological polar surface area (TPSA) is 44.4 Å². The summed E-state index contributed by atoms with van der Waals surface area (Å²) in [5, 5.41) is 6.90. The Labute approximate surface area is 138 Å². The van der Waals surface area contributed by atoms with E-state index in [-0.39, 0.29) is 5.91 Å². The van der Waals surface area contributed by atoms with E-state index in [1.807, 2.05) is 12.1 Å². The summed E-state index contributed by atoms with van der Waals surface area (Å²) < 4.78 is 0.904. The van der Waals surface area contributed by atoms with E-state index in [4.69, 9.17) is 11.6 Å². The van der Waals surface area contributed by atoms with Crippen LogP contribution in [0.1, 0.15) is 12.8 Å². The molecule has 1 amide bonds. The van der Waals surface area contributed by atoms with Crippen molar-refractivity contribution in [1.82, 2.24) is 10.2 Å². The van der Waals surface area contributed by atoms with E-state index in [0.29, 0.717) is 29.2 Å². The molecule has 0 bridgehead atoms. The van der Waals surface area contributed by atoms with Gasteiger partial charge in [-0.2, -0.15) is 0 Å². The second-order valence-corrected chi connectivity index (χ2v) is 7.09. The average Bonchev–Trinajstić information content (AvgIpc) is 2.91. The van der Waals surface area contributed by atoms with Crippen molar-refractivity contribution < 1.29 is 4.79 Å². The molecule has 114 valence electrons. The van der Waals surface area contributed by atoms with E-state index in [2.05, 4.69) is 31.5 Å². The predicted octanol–water partition coefficient (Wildman–Crippen LogP) is 2.72. The standard InChI is InChI=1S/C15H19BrClN3O/c16-11-3-4-13(12(17)6-11)19-15(21)9-20-5-1-2-10-7-18-8-14(10)20/h3-4,6,10,14,18H,1-2,5,7-9H2,(H,19,21). The number of benzene rings is 1. The lowest BCUT2D eigenvalue weighted by Gasteiger charge is -2.36. The van der Waals surface area contributed by atoms with Crippen LogP contribution in [0.2, 0.25) is 5.02 Å². The normalized spacial score (nSPS) is 25.6. The van der Waals surface area contributed by atoms with Gasteiger partial charge in [0.1, 0.15) is 0 Å². The number of halogens is 2. The van der Waals surface area contributed by atoms with Gasteiger partial charge in [0.05, 0.1) is 17.3 Å². The first-order valence-corrected chi connectivity index (χ1v) is 8.50. The summed E-state index contributed by atoms with van der Waals surface area (Å²) in [6.45, 7) is 3.53. The molecule has 1 aromatic carbocycles. The number of likely N-dealkylation sites (tertiary alicyclic amines) is 1. The maximum atomic E-state index is 12.3. The molecule has 2 heterocycles. The number of carbonyl (C=O) groups is 1. The monoisotopic (exact) mass is 371 g/mol. The third-order valence-corrected chi connectivity index (χ3v) is 5.15. The lowest BCUT2D eigenvalue weighted by atomic mass is 9.92. The van der Waals surface area contributed by atoms with Gasteiger partial charge >= 0.3 is 0 Å². The Kier molecular flexibility index (Phi) is 4.84. The molecule has 0 saturated carbocycles. The van der Waals surface area contributed by atoms with Crippen molar-refractivity contribution in [3.63, 3.8) is 0 Å². The van der Waals surface area contributed by atoms with E-state index >= 15 is 0 Å². The molecule has 2 aliphatic heterocycles. The van der Waals surface area contributed by atoms with E-state index in [1.54, 1.807) is 6.07 Å². The molecule has 1 aromatic rings. The molecule has 6 heteroatoms. The van der Waals surface area contributed by atoms with E-state index in [9.17, 15) is 4.79 Å². The molecule has 0 aromatic heterocycles. The molecule has 2 atom stereocenters. The highest BCUT2D eigenvalue weighted by molar-refractivity contribution is 9.10. The van der Waals surface area contributed by atoms with E-state index in [1.165, 1.54) is 12.8 Å².